The number of H-pyrrole nitrogens is 1. The van der Waals surface area contributed by atoms with E-state index in [1.165, 1.54) is 18.3 Å². The summed E-state index contributed by atoms with van der Waals surface area (Å²) >= 11 is 6.07. The second kappa shape index (κ2) is 6.97. The molecule has 0 saturated heterocycles. The molecule has 0 atom stereocenters. The van der Waals surface area contributed by atoms with Crippen molar-refractivity contribution in [2.45, 2.75) is 25.7 Å². The minimum absolute atomic E-state index is 0.0503. The zero-order chi connectivity index (χ0) is 19.9. The summed E-state index contributed by atoms with van der Waals surface area (Å²) in [6.07, 6.45) is -1.19. The molecule has 3 heterocycles. The van der Waals surface area contributed by atoms with Crippen LogP contribution in [-0.4, -0.2) is 26.3 Å². The van der Waals surface area contributed by atoms with Crippen LogP contribution in [0.3, 0.4) is 0 Å². The van der Waals surface area contributed by atoms with Crippen LogP contribution < -0.4 is 10.5 Å². The van der Waals surface area contributed by atoms with Crippen molar-refractivity contribution in [3.63, 3.8) is 0 Å². The first-order valence-electron chi connectivity index (χ1n) is 8.51. The maximum absolute atomic E-state index is 13.2. The van der Waals surface area contributed by atoms with Crippen LogP contribution in [0.15, 0.2) is 41.5 Å². The van der Waals surface area contributed by atoms with E-state index in [0.717, 1.165) is 6.07 Å². The van der Waals surface area contributed by atoms with Gasteiger partial charge in [-0.1, -0.05) is 29.8 Å². The highest BCUT2D eigenvalue weighted by Gasteiger charge is 2.33. The third kappa shape index (κ3) is 3.37. The van der Waals surface area contributed by atoms with Gasteiger partial charge in [0.05, 0.1) is 24.0 Å². The first kappa shape index (κ1) is 18.5. The normalized spacial score (nSPS) is 14.2. The molecule has 146 valence electrons. The monoisotopic (exact) mass is 409 g/mol. The largest absolute Gasteiger partial charge is 0.416 e. The summed E-state index contributed by atoms with van der Waals surface area (Å²) in [6, 6.07) is 5.56. The van der Waals surface area contributed by atoms with Crippen molar-refractivity contribution < 1.29 is 13.2 Å². The van der Waals surface area contributed by atoms with Crippen LogP contribution in [0, 0.1) is 0 Å². The number of aromatic nitrogens is 4. The molecule has 1 aliphatic heterocycles. The summed E-state index contributed by atoms with van der Waals surface area (Å²) < 4.78 is 41.7. The fourth-order valence-electron chi connectivity index (χ4n) is 3.41. The van der Waals surface area contributed by atoms with Crippen LogP contribution in [-0.2, 0) is 25.7 Å². The third-order valence-electron chi connectivity index (χ3n) is 4.76. The van der Waals surface area contributed by atoms with Gasteiger partial charge in [0.25, 0.3) is 5.56 Å². The van der Waals surface area contributed by atoms with E-state index in [1.807, 2.05) is 9.47 Å². The first-order chi connectivity index (χ1) is 13.3. The van der Waals surface area contributed by atoms with Crippen molar-refractivity contribution >= 4 is 17.3 Å². The van der Waals surface area contributed by atoms with Crippen molar-refractivity contribution in [3.05, 3.63) is 74.7 Å². The molecule has 0 fully saturated rings. The van der Waals surface area contributed by atoms with E-state index in [-0.39, 0.29) is 17.0 Å². The van der Waals surface area contributed by atoms with E-state index in [1.54, 1.807) is 12.3 Å². The van der Waals surface area contributed by atoms with Gasteiger partial charge >= 0.3 is 6.18 Å². The first-order valence-corrected chi connectivity index (χ1v) is 8.89. The molecule has 1 aromatic carbocycles. The van der Waals surface area contributed by atoms with E-state index in [0.29, 0.717) is 36.8 Å². The van der Waals surface area contributed by atoms with Gasteiger partial charge in [-0.3, -0.25) is 4.79 Å². The summed E-state index contributed by atoms with van der Waals surface area (Å²) in [5.41, 5.74) is 0.314. The molecular formula is C18H15ClF3N5O. The number of benzene rings is 1. The van der Waals surface area contributed by atoms with Gasteiger partial charge in [-0.05, 0) is 11.6 Å². The molecule has 1 N–H and O–H groups in total. The van der Waals surface area contributed by atoms with Crippen LogP contribution >= 0.6 is 11.6 Å². The van der Waals surface area contributed by atoms with E-state index in [9.17, 15) is 18.0 Å². The zero-order valence-electron chi connectivity index (χ0n) is 14.5. The lowest BCUT2D eigenvalue weighted by Crippen LogP contribution is -2.35. The minimum Gasteiger partial charge on any atom is -0.360 e. The molecule has 4 rings (SSSR count). The number of rotatable bonds is 3. The van der Waals surface area contributed by atoms with Crippen LogP contribution in [0.25, 0.3) is 0 Å². The Bertz CT molecular complexity index is 1080. The number of fused-ring (bicyclic) bond motifs is 1. The molecule has 0 radical (unpaired) electrons. The van der Waals surface area contributed by atoms with Crippen LogP contribution in [0.4, 0.5) is 18.9 Å². The fourth-order valence-corrected chi connectivity index (χ4v) is 3.62. The summed E-state index contributed by atoms with van der Waals surface area (Å²) in [5.74, 6) is 0.696. The van der Waals surface area contributed by atoms with Gasteiger partial charge in [0.2, 0.25) is 0 Å². The average Bonchev–Trinajstić information content (AvgIpc) is 3.06. The quantitative estimate of drug-likeness (QED) is 0.721. The highest BCUT2D eigenvalue weighted by Crippen LogP contribution is 2.33. The predicted octanol–water partition coefficient (Wildman–Crippen LogP) is 3.25. The SMILES string of the molecule is O=c1[nH]ncc(N2CCn3c(Cc4ccccc4C(F)(F)F)cnc3C2)c1Cl. The van der Waals surface area contributed by atoms with Gasteiger partial charge in [-0.25, -0.2) is 10.1 Å². The Balaban J connectivity index is 1.61. The molecule has 1 aliphatic rings. The van der Waals surface area contributed by atoms with Gasteiger partial charge in [-0.2, -0.15) is 18.3 Å². The van der Waals surface area contributed by atoms with Gasteiger partial charge in [0.15, 0.2) is 0 Å². The molecule has 0 unspecified atom stereocenters. The van der Waals surface area contributed by atoms with Crippen LogP contribution in [0.1, 0.15) is 22.6 Å². The molecule has 0 bridgehead atoms. The average molecular weight is 410 g/mol. The number of aromatic amines is 1. The summed E-state index contributed by atoms with van der Waals surface area (Å²) in [6.45, 7) is 1.43. The van der Waals surface area contributed by atoms with Crippen LogP contribution in [0.2, 0.25) is 5.02 Å². The molecule has 0 spiro atoms. The van der Waals surface area contributed by atoms with E-state index in [4.69, 9.17) is 11.6 Å². The second-order valence-corrected chi connectivity index (χ2v) is 6.85. The molecule has 2 aromatic heterocycles. The molecule has 10 heteroatoms. The van der Waals surface area contributed by atoms with Crippen molar-refractivity contribution in [1.29, 1.82) is 0 Å². The topological polar surface area (TPSA) is 66.8 Å². The van der Waals surface area contributed by atoms with Crippen LogP contribution in [0.5, 0.6) is 0 Å². The van der Waals surface area contributed by atoms with Crippen molar-refractivity contribution in [3.8, 4) is 0 Å². The Morgan fingerprint density at radius 1 is 1.18 bits per heavy atom. The maximum atomic E-state index is 13.2. The maximum Gasteiger partial charge on any atom is 0.416 e. The number of alkyl halides is 3. The number of halogens is 4. The van der Waals surface area contributed by atoms with Gasteiger partial charge in [0, 0.05) is 31.4 Å². The van der Waals surface area contributed by atoms with Gasteiger partial charge in [-0.15, -0.1) is 0 Å². The molecule has 6 nitrogen and oxygen atoms in total. The summed E-state index contributed by atoms with van der Waals surface area (Å²) in [4.78, 5) is 17.9. The van der Waals surface area contributed by atoms with E-state index in [2.05, 4.69) is 15.2 Å². The van der Waals surface area contributed by atoms with Crippen molar-refractivity contribution in [1.82, 2.24) is 19.7 Å². The lowest BCUT2D eigenvalue weighted by Gasteiger charge is -2.30. The van der Waals surface area contributed by atoms with E-state index >= 15 is 0 Å². The highest BCUT2D eigenvalue weighted by molar-refractivity contribution is 6.32. The van der Waals surface area contributed by atoms with Crippen molar-refractivity contribution in [2.24, 2.45) is 0 Å². The predicted molar refractivity (Wildman–Crippen MR) is 97.4 cm³/mol. The molecule has 0 amide bonds. The number of hydrogen-bond acceptors (Lipinski definition) is 4. The highest BCUT2D eigenvalue weighted by atomic mass is 35.5. The Morgan fingerprint density at radius 3 is 2.75 bits per heavy atom. The van der Waals surface area contributed by atoms with E-state index < -0.39 is 17.3 Å². The standard InChI is InChI=1S/C18H15ClF3N5O/c19-16-14(9-24-25-17(16)28)26-5-6-27-12(8-23-15(27)10-26)7-11-3-1-2-4-13(11)18(20,21)22/h1-4,8-9H,5-7,10H2,(H,25,28). The lowest BCUT2D eigenvalue weighted by molar-refractivity contribution is -0.138. The number of nitrogens with zero attached hydrogens (tertiary/aromatic N) is 4. The van der Waals surface area contributed by atoms with Crippen molar-refractivity contribution in [2.75, 3.05) is 11.4 Å². The lowest BCUT2D eigenvalue weighted by atomic mass is 10.0. The molecule has 28 heavy (non-hydrogen) atoms. The summed E-state index contributed by atoms with van der Waals surface area (Å²) in [5, 5.41) is 6.09. The molecule has 0 saturated carbocycles. The number of nitrogens with one attached hydrogen (secondary N) is 1. The smallest absolute Gasteiger partial charge is 0.360 e. The Morgan fingerprint density at radius 2 is 1.96 bits per heavy atom. The van der Waals surface area contributed by atoms with Gasteiger partial charge < -0.3 is 9.47 Å². The second-order valence-electron chi connectivity index (χ2n) is 6.47. The molecular weight excluding hydrogens is 395 g/mol. The number of anilines is 1. The minimum atomic E-state index is -4.40. The number of imidazole rings is 1. The fraction of sp³-hybridized carbons (Fsp3) is 0.278. The molecule has 3 aromatic rings. The Hall–Kier alpha value is -2.81. The summed E-state index contributed by atoms with van der Waals surface area (Å²) in [7, 11) is 0. The van der Waals surface area contributed by atoms with Gasteiger partial charge in [0.1, 0.15) is 10.8 Å². The number of hydrogen-bond donors (Lipinski definition) is 1. The third-order valence-corrected chi connectivity index (χ3v) is 5.12. The zero-order valence-corrected chi connectivity index (χ0v) is 15.3. The Labute approximate surface area is 162 Å². The molecule has 0 aliphatic carbocycles. The Kier molecular flexibility index (Phi) is 4.62.